The van der Waals surface area contributed by atoms with Crippen molar-refractivity contribution in [3.8, 4) is 22.9 Å². The third kappa shape index (κ3) is 4.83. The third-order valence-corrected chi connectivity index (χ3v) is 3.39. The normalized spacial score (nSPS) is 9.91. The topological polar surface area (TPSA) is 82.3 Å². The van der Waals surface area contributed by atoms with Crippen molar-refractivity contribution < 1.29 is 14.7 Å². The molecule has 0 atom stereocenters. The lowest BCUT2D eigenvalue weighted by molar-refractivity contribution is -0.129. The predicted octanol–water partition coefficient (Wildman–Crippen LogP) is 3.28. The number of hydrogen-bond donors (Lipinski definition) is 2. The Morgan fingerprint density at radius 3 is 2.57 bits per heavy atom. The average Bonchev–Trinajstić information content (AvgIpc) is 2.61. The highest BCUT2D eigenvalue weighted by Gasteiger charge is 2.06. The number of benzene rings is 2. The van der Waals surface area contributed by atoms with Crippen molar-refractivity contribution in [3.05, 3.63) is 54.1 Å². The van der Waals surface area contributed by atoms with E-state index in [-0.39, 0.29) is 12.3 Å². The zero-order valence-corrected chi connectivity index (χ0v) is 12.7. The number of rotatable bonds is 7. The Bertz CT molecular complexity index is 690. The van der Waals surface area contributed by atoms with E-state index in [4.69, 9.17) is 15.2 Å². The molecule has 0 aromatic heterocycles. The Hall–Kier alpha value is -2.84. The second kappa shape index (κ2) is 8.57. The Morgan fingerprint density at radius 2 is 1.87 bits per heavy atom. The second-order valence-corrected chi connectivity index (χ2v) is 5.03. The van der Waals surface area contributed by atoms with Gasteiger partial charge in [-0.3, -0.25) is 10.0 Å². The van der Waals surface area contributed by atoms with Gasteiger partial charge >= 0.3 is 0 Å². The molecule has 0 unspecified atom stereocenters. The Kier molecular flexibility index (Phi) is 6.16. The fourth-order valence-corrected chi connectivity index (χ4v) is 2.18. The molecule has 1 amide bonds. The number of carbonyl (C=O) groups excluding carboxylic acids is 1. The van der Waals surface area contributed by atoms with Gasteiger partial charge in [-0.1, -0.05) is 30.3 Å². The maximum atomic E-state index is 10.9. The summed E-state index contributed by atoms with van der Waals surface area (Å²) in [6.45, 7) is 0.492. The standard InChI is InChI=1S/C18H18N2O3/c19-13-14-8-10-15(11-9-14)16-5-1-2-6-17(16)23-12-4-3-7-18(21)20-22/h1-2,5-6,8-11,22H,3-4,7,12H2,(H,20,21). The predicted molar refractivity (Wildman–Crippen MR) is 85.9 cm³/mol. The molecule has 0 fully saturated rings. The summed E-state index contributed by atoms with van der Waals surface area (Å²) in [5, 5.41) is 17.3. The Balaban J connectivity index is 1.97. The van der Waals surface area contributed by atoms with Crippen LogP contribution in [-0.4, -0.2) is 17.7 Å². The molecule has 23 heavy (non-hydrogen) atoms. The molecule has 0 aliphatic rings. The fraction of sp³-hybridized carbons (Fsp3) is 0.222. The van der Waals surface area contributed by atoms with Crippen LogP contribution in [-0.2, 0) is 4.79 Å². The van der Waals surface area contributed by atoms with Crippen LogP contribution in [0.15, 0.2) is 48.5 Å². The van der Waals surface area contributed by atoms with E-state index in [2.05, 4.69) is 6.07 Å². The summed E-state index contributed by atoms with van der Waals surface area (Å²) in [6.07, 6.45) is 1.64. The van der Waals surface area contributed by atoms with Crippen molar-refractivity contribution in [2.24, 2.45) is 0 Å². The van der Waals surface area contributed by atoms with E-state index in [9.17, 15) is 4.79 Å². The Labute approximate surface area is 135 Å². The molecule has 118 valence electrons. The number of hydrogen-bond acceptors (Lipinski definition) is 4. The minimum Gasteiger partial charge on any atom is -0.493 e. The van der Waals surface area contributed by atoms with Gasteiger partial charge in [-0.05, 0) is 36.6 Å². The molecule has 2 rings (SSSR count). The van der Waals surface area contributed by atoms with Gasteiger partial charge in [0.2, 0.25) is 5.91 Å². The first-order valence-corrected chi connectivity index (χ1v) is 7.40. The van der Waals surface area contributed by atoms with E-state index >= 15 is 0 Å². The number of nitrogens with zero attached hydrogens (tertiary/aromatic N) is 1. The van der Waals surface area contributed by atoms with Gasteiger partial charge in [-0.25, -0.2) is 5.48 Å². The van der Waals surface area contributed by atoms with E-state index in [1.807, 2.05) is 36.4 Å². The van der Waals surface area contributed by atoms with Crippen LogP contribution in [0.4, 0.5) is 0 Å². The molecule has 0 aliphatic heterocycles. The minimum atomic E-state index is -0.386. The van der Waals surface area contributed by atoms with Crippen molar-refractivity contribution in [3.63, 3.8) is 0 Å². The highest BCUT2D eigenvalue weighted by Crippen LogP contribution is 2.30. The molecule has 0 bridgehead atoms. The maximum Gasteiger partial charge on any atom is 0.243 e. The van der Waals surface area contributed by atoms with Gasteiger partial charge in [0.05, 0.1) is 18.2 Å². The van der Waals surface area contributed by atoms with Crippen molar-refractivity contribution in [2.45, 2.75) is 19.3 Å². The molecular formula is C18H18N2O3. The van der Waals surface area contributed by atoms with Crippen LogP contribution in [0.25, 0.3) is 11.1 Å². The second-order valence-electron chi connectivity index (χ2n) is 5.03. The van der Waals surface area contributed by atoms with E-state index in [0.29, 0.717) is 18.6 Å². The van der Waals surface area contributed by atoms with Gasteiger partial charge in [-0.2, -0.15) is 5.26 Å². The van der Waals surface area contributed by atoms with Gasteiger partial charge < -0.3 is 4.74 Å². The van der Waals surface area contributed by atoms with Crippen LogP contribution in [0.1, 0.15) is 24.8 Å². The lowest BCUT2D eigenvalue weighted by Crippen LogP contribution is -2.18. The van der Waals surface area contributed by atoms with Crippen LogP contribution < -0.4 is 10.2 Å². The number of ether oxygens (including phenoxy) is 1. The summed E-state index contributed by atoms with van der Waals surface area (Å²) >= 11 is 0. The molecule has 0 aliphatic carbocycles. The summed E-state index contributed by atoms with van der Waals surface area (Å²) < 4.78 is 5.80. The maximum absolute atomic E-state index is 10.9. The first kappa shape index (κ1) is 16.5. The largest absolute Gasteiger partial charge is 0.493 e. The summed E-state index contributed by atoms with van der Waals surface area (Å²) in [6, 6.07) is 17.2. The molecule has 0 spiro atoms. The summed E-state index contributed by atoms with van der Waals surface area (Å²) in [5.74, 6) is 0.381. The van der Waals surface area contributed by atoms with E-state index in [0.717, 1.165) is 23.3 Å². The first-order valence-electron chi connectivity index (χ1n) is 7.40. The molecule has 2 aromatic rings. The number of nitriles is 1. The average molecular weight is 310 g/mol. The quantitative estimate of drug-likeness (QED) is 0.467. The number of carbonyl (C=O) groups is 1. The molecular weight excluding hydrogens is 292 g/mol. The van der Waals surface area contributed by atoms with Gasteiger partial charge in [0.25, 0.3) is 0 Å². The summed E-state index contributed by atoms with van der Waals surface area (Å²) in [4.78, 5) is 10.9. The molecule has 2 aromatic carbocycles. The highest BCUT2D eigenvalue weighted by molar-refractivity contribution is 5.74. The third-order valence-electron chi connectivity index (χ3n) is 3.39. The number of amides is 1. The number of hydroxylamine groups is 1. The number of nitrogens with one attached hydrogen (secondary N) is 1. The SMILES string of the molecule is N#Cc1ccc(-c2ccccc2OCCCCC(=O)NO)cc1. The van der Waals surface area contributed by atoms with Gasteiger partial charge in [0.1, 0.15) is 5.75 Å². The number of para-hydroxylation sites is 1. The van der Waals surface area contributed by atoms with Crippen molar-refractivity contribution in [1.29, 1.82) is 5.26 Å². The van der Waals surface area contributed by atoms with E-state index < -0.39 is 0 Å². The zero-order chi connectivity index (χ0) is 16.5. The molecule has 0 saturated carbocycles. The molecule has 5 heteroatoms. The molecule has 5 nitrogen and oxygen atoms in total. The van der Waals surface area contributed by atoms with Crippen LogP contribution in [0.2, 0.25) is 0 Å². The van der Waals surface area contributed by atoms with Crippen molar-refractivity contribution in [1.82, 2.24) is 5.48 Å². The molecule has 2 N–H and O–H groups in total. The number of unbranched alkanes of at least 4 members (excludes halogenated alkanes) is 1. The van der Waals surface area contributed by atoms with E-state index in [1.54, 1.807) is 17.6 Å². The van der Waals surface area contributed by atoms with Gasteiger partial charge in [0, 0.05) is 12.0 Å². The van der Waals surface area contributed by atoms with E-state index in [1.165, 1.54) is 0 Å². The smallest absolute Gasteiger partial charge is 0.243 e. The summed E-state index contributed by atoms with van der Waals surface area (Å²) in [5.41, 5.74) is 4.18. The molecule has 0 radical (unpaired) electrons. The summed E-state index contributed by atoms with van der Waals surface area (Å²) in [7, 11) is 0. The van der Waals surface area contributed by atoms with Crippen molar-refractivity contribution in [2.75, 3.05) is 6.61 Å². The van der Waals surface area contributed by atoms with Crippen LogP contribution >= 0.6 is 0 Å². The zero-order valence-electron chi connectivity index (χ0n) is 12.7. The monoisotopic (exact) mass is 310 g/mol. The minimum absolute atomic E-state index is 0.275. The molecule has 0 heterocycles. The van der Waals surface area contributed by atoms with Crippen LogP contribution in [0.3, 0.4) is 0 Å². The highest BCUT2D eigenvalue weighted by atomic mass is 16.5. The van der Waals surface area contributed by atoms with Crippen molar-refractivity contribution >= 4 is 5.91 Å². The molecule has 0 saturated heterocycles. The lowest BCUT2D eigenvalue weighted by atomic mass is 10.0. The van der Waals surface area contributed by atoms with Gasteiger partial charge in [0.15, 0.2) is 0 Å². The van der Waals surface area contributed by atoms with Gasteiger partial charge in [-0.15, -0.1) is 0 Å². The lowest BCUT2D eigenvalue weighted by Gasteiger charge is -2.11. The van der Waals surface area contributed by atoms with Crippen LogP contribution in [0, 0.1) is 11.3 Å². The first-order chi connectivity index (χ1) is 11.2. The van der Waals surface area contributed by atoms with Crippen LogP contribution in [0.5, 0.6) is 5.75 Å². The Morgan fingerprint density at radius 1 is 1.13 bits per heavy atom. The fourth-order valence-electron chi connectivity index (χ4n) is 2.18.